The van der Waals surface area contributed by atoms with Crippen LogP contribution in [-0.2, 0) is 22.5 Å². The second-order valence-corrected chi connectivity index (χ2v) is 12.4. The minimum atomic E-state index is -0.512. The highest BCUT2D eigenvalue weighted by molar-refractivity contribution is 5.77. The molecule has 3 heterocycles. The Hall–Kier alpha value is -3.35. The number of hydrogen-bond acceptors (Lipinski definition) is 6. The fourth-order valence-electron chi connectivity index (χ4n) is 6.22. The molecule has 1 aromatic carbocycles. The Morgan fingerprint density at radius 2 is 1.77 bits per heavy atom. The first-order valence-corrected chi connectivity index (χ1v) is 14.8. The maximum absolute atomic E-state index is 13.3. The molecular formula is C33H42N2O5. The van der Waals surface area contributed by atoms with E-state index >= 15 is 0 Å². The number of esters is 1. The normalized spacial score (nSPS) is 19.8. The van der Waals surface area contributed by atoms with Crippen LogP contribution < -0.4 is 15.0 Å². The quantitative estimate of drug-likeness (QED) is 0.291. The van der Waals surface area contributed by atoms with Gasteiger partial charge in [-0.1, -0.05) is 31.7 Å². The van der Waals surface area contributed by atoms with Crippen LogP contribution in [0.3, 0.4) is 0 Å². The van der Waals surface area contributed by atoms with Gasteiger partial charge < -0.3 is 18.8 Å². The molecule has 0 spiro atoms. The summed E-state index contributed by atoms with van der Waals surface area (Å²) in [6.07, 6.45) is 11.7. The first kappa shape index (κ1) is 28.2. The zero-order valence-corrected chi connectivity index (χ0v) is 24.1. The lowest BCUT2D eigenvalue weighted by Crippen LogP contribution is -2.31. The van der Waals surface area contributed by atoms with Crippen LogP contribution >= 0.6 is 0 Å². The smallest absolute Gasteiger partial charge is 0.309 e. The van der Waals surface area contributed by atoms with Gasteiger partial charge in [0, 0.05) is 30.4 Å². The van der Waals surface area contributed by atoms with Crippen LogP contribution in [0.1, 0.15) is 71.3 Å². The molecule has 0 amide bonds. The molecular weight excluding hydrogens is 504 g/mol. The number of aryl methyl sites for hydroxylation is 1. The number of rotatable bonds is 9. The van der Waals surface area contributed by atoms with Crippen molar-refractivity contribution in [2.45, 2.75) is 84.3 Å². The maximum atomic E-state index is 13.3. The molecule has 1 saturated carbocycles. The molecule has 0 N–H and O–H groups in total. The van der Waals surface area contributed by atoms with Gasteiger partial charge in [0.1, 0.15) is 18.8 Å². The van der Waals surface area contributed by atoms with Crippen LogP contribution in [0.5, 0.6) is 11.5 Å². The fourth-order valence-corrected chi connectivity index (χ4v) is 6.22. The van der Waals surface area contributed by atoms with Crippen LogP contribution in [-0.4, -0.2) is 34.3 Å². The lowest BCUT2D eigenvalue weighted by Gasteiger charge is -2.32. The Morgan fingerprint density at radius 3 is 2.55 bits per heavy atom. The Labute approximate surface area is 236 Å². The number of fused-ring (bicyclic) bond motifs is 2. The lowest BCUT2D eigenvalue weighted by atomic mass is 9.76. The number of nitrogens with zero attached hydrogens (tertiary/aromatic N) is 2. The minimum absolute atomic E-state index is 0.0496. The van der Waals surface area contributed by atoms with Gasteiger partial charge in [0.2, 0.25) is 0 Å². The zero-order chi connectivity index (χ0) is 28.1. The molecule has 5 rings (SSSR count). The number of ether oxygens (including phenoxy) is 3. The van der Waals surface area contributed by atoms with Gasteiger partial charge in [-0.05, 0) is 88.1 Å². The Morgan fingerprint density at radius 1 is 1.02 bits per heavy atom. The van der Waals surface area contributed by atoms with Gasteiger partial charge in [0.15, 0.2) is 11.5 Å². The summed E-state index contributed by atoms with van der Waals surface area (Å²) >= 11 is 0. The van der Waals surface area contributed by atoms with E-state index in [4.69, 9.17) is 14.2 Å². The Balaban J connectivity index is 1.16. The van der Waals surface area contributed by atoms with Crippen molar-refractivity contribution < 1.29 is 19.0 Å². The van der Waals surface area contributed by atoms with Gasteiger partial charge in [0.25, 0.3) is 5.56 Å². The van der Waals surface area contributed by atoms with Crippen molar-refractivity contribution in [2.75, 3.05) is 13.2 Å². The summed E-state index contributed by atoms with van der Waals surface area (Å²) in [5.41, 5.74) is 1.57. The van der Waals surface area contributed by atoms with Crippen molar-refractivity contribution in [2.24, 2.45) is 17.8 Å². The predicted molar refractivity (Wildman–Crippen MR) is 156 cm³/mol. The third-order valence-corrected chi connectivity index (χ3v) is 8.20. The molecule has 0 bridgehead atoms. The Bertz CT molecular complexity index is 1370. The van der Waals surface area contributed by atoms with Gasteiger partial charge in [-0.15, -0.1) is 0 Å². The molecule has 7 heteroatoms. The van der Waals surface area contributed by atoms with E-state index in [-0.39, 0.29) is 17.4 Å². The van der Waals surface area contributed by atoms with Crippen LogP contribution in [0.2, 0.25) is 0 Å². The number of hydrogen-bond donors (Lipinski definition) is 0. The molecule has 7 nitrogen and oxygen atoms in total. The molecule has 2 aliphatic rings. The predicted octanol–water partition coefficient (Wildman–Crippen LogP) is 6.35. The van der Waals surface area contributed by atoms with Gasteiger partial charge in [-0.25, -0.2) is 0 Å². The zero-order valence-electron chi connectivity index (χ0n) is 24.1. The molecule has 1 aliphatic carbocycles. The summed E-state index contributed by atoms with van der Waals surface area (Å²) in [6.45, 7) is 7.64. The van der Waals surface area contributed by atoms with Crippen LogP contribution in [0.25, 0.3) is 10.9 Å². The van der Waals surface area contributed by atoms with E-state index in [9.17, 15) is 9.59 Å². The second-order valence-electron chi connectivity index (χ2n) is 12.4. The van der Waals surface area contributed by atoms with E-state index in [1.54, 1.807) is 12.3 Å². The molecule has 0 unspecified atom stereocenters. The Kier molecular flexibility index (Phi) is 8.77. The number of benzene rings is 1. The lowest BCUT2D eigenvalue weighted by molar-refractivity contribution is -0.160. The number of pyridine rings is 2. The van der Waals surface area contributed by atoms with Crippen molar-refractivity contribution in [3.8, 4) is 11.5 Å². The second kappa shape index (κ2) is 12.4. The van der Waals surface area contributed by atoms with Crippen molar-refractivity contribution in [1.82, 2.24) is 9.55 Å². The average Bonchev–Trinajstić information content (AvgIpc) is 2.94. The van der Waals surface area contributed by atoms with Gasteiger partial charge in [-0.2, -0.15) is 0 Å². The maximum Gasteiger partial charge on any atom is 0.309 e. The van der Waals surface area contributed by atoms with Gasteiger partial charge in [0.05, 0.1) is 11.4 Å². The molecule has 1 atom stereocenters. The topological polar surface area (TPSA) is 79.7 Å². The van der Waals surface area contributed by atoms with Gasteiger partial charge >= 0.3 is 5.97 Å². The third kappa shape index (κ3) is 7.23. The average molecular weight is 547 g/mol. The highest BCUT2D eigenvalue weighted by atomic mass is 16.6. The minimum Gasteiger partial charge on any atom is -0.486 e. The summed E-state index contributed by atoms with van der Waals surface area (Å²) < 4.78 is 19.2. The first-order chi connectivity index (χ1) is 19.2. The van der Waals surface area contributed by atoms with E-state index in [1.807, 2.05) is 61.9 Å². The summed E-state index contributed by atoms with van der Waals surface area (Å²) in [7, 11) is 0. The molecule has 3 aromatic rings. The van der Waals surface area contributed by atoms with Crippen molar-refractivity contribution in [1.29, 1.82) is 0 Å². The number of carbonyl (C=O) groups excluding carboxylic acids is 1. The molecule has 1 fully saturated rings. The van der Waals surface area contributed by atoms with E-state index in [0.29, 0.717) is 31.5 Å². The molecule has 40 heavy (non-hydrogen) atoms. The molecule has 0 saturated heterocycles. The SMILES string of the molecule is CC(C)(C)OC(=O)[C@H](Cc1ccc2c(c1)OCCO2)CC1CCC(CCCn2c(=O)ccc3cnccc32)CC1. The molecule has 2 aromatic heterocycles. The first-order valence-electron chi connectivity index (χ1n) is 14.8. The largest absolute Gasteiger partial charge is 0.486 e. The van der Waals surface area contributed by atoms with Crippen LogP contribution in [0, 0.1) is 17.8 Å². The number of aromatic nitrogens is 2. The standard InChI is InChI=1S/C33H42N2O5/c1-33(2,3)40-32(37)27(20-25-10-12-29-30(21-25)39-18-17-38-29)19-24-8-6-23(7-9-24)5-4-16-35-28-14-15-34-22-26(28)11-13-31(35)36/h10-15,21-24,27H,4-9,16-20H2,1-3H3/t23?,24?,27-/m0/s1. The fraction of sp³-hybridized carbons (Fsp3) is 0.545. The highest BCUT2D eigenvalue weighted by Gasteiger charge is 2.30. The molecule has 214 valence electrons. The van der Waals surface area contributed by atoms with Crippen LogP contribution in [0.4, 0.5) is 0 Å². The summed E-state index contributed by atoms with van der Waals surface area (Å²) in [5.74, 6) is 2.41. The van der Waals surface area contributed by atoms with E-state index in [2.05, 4.69) is 4.98 Å². The third-order valence-electron chi connectivity index (χ3n) is 8.20. The van der Waals surface area contributed by atoms with E-state index < -0.39 is 5.60 Å². The van der Waals surface area contributed by atoms with Crippen molar-refractivity contribution in [3.05, 3.63) is 64.7 Å². The van der Waals surface area contributed by atoms with Gasteiger partial charge in [-0.3, -0.25) is 14.6 Å². The van der Waals surface area contributed by atoms with E-state index in [0.717, 1.165) is 66.6 Å². The highest BCUT2D eigenvalue weighted by Crippen LogP contribution is 2.37. The monoisotopic (exact) mass is 546 g/mol. The molecule has 1 aliphatic heterocycles. The summed E-state index contributed by atoms with van der Waals surface area (Å²) in [5, 5.41) is 0.999. The van der Waals surface area contributed by atoms with Crippen molar-refractivity contribution >= 4 is 16.9 Å². The van der Waals surface area contributed by atoms with Crippen LogP contribution in [0.15, 0.2) is 53.6 Å². The summed E-state index contributed by atoms with van der Waals surface area (Å²) in [6, 6.07) is 11.4. The number of carbonyl (C=O) groups is 1. The molecule has 0 radical (unpaired) electrons. The summed E-state index contributed by atoms with van der Waals surface area (Å²) in [4.78, 5) is 30.0. The van der Waals surface area contributed by atoms with E-state index in [1.165, 1.54) is 12.8 Å². The van der Waals surface area contributed by atoms with Crippen molar-refractivity contribution in [3.63, 3.8) is 0 Å².